The Morgan fingerprint density at radius 2 is 2.10 bits per heavy atom. The van der Waals surface area contributed by atoms with Crippen molar-refractivity contribution in [1.82, 2.24) is 0 Å². The lowest BCUT2D eigenvalue weighted by molar-refractivity contribution is -0.300. The van der Waals surface area contributed by atoms with Crippen LogP contribution >= 0.6 is 11.6 Å². The van der Waals surface area contributed by atoms with Crippen LogP contribution in [-0.4, -0.2) is 28.8 Å². The van der Waals surface area contributed by atoms with E-state index in [1.54, 1.807) is 0 Å². The summed E-state index contributed by atoms with van der Waals surface area (Å²) in [6.07, 6.45) is -1.57. The van der Waals surface area contributed by atoms with Gasteiger partial charge in [-0.05, 0) is 0 Å². The molecule has 0 fully saturated rings. The Kier molecular flexibility index (Phi) is 3.99. The van der Waals surface area contributed by atoms with Crippen molar-refractivity contribution >= 4 is 23.4 Å². The summed E-state index contributed by atoms with van der Waals surface area (Å²) in [4.78, 5) is 20.0. The fraction of sp³-hybridized carbons (Fsp3) is 0.600. The maximum Gasteiger partial charge on any atom is 0.180 e. The molecule has 4 nitrogen and oxygen atoms in total. The van der Waals surface area contributed by atoms with Gasteiger partial charge in [0.2, 0.25) is 0 Å². The number of carboxylic acid groups (broad SMARTS) is 1. The molecule has 0 aliphatic carbocycles. The van der Waals surface area contributed by atoms with Crippen LogP contribution in [0.1, 0.15) is 6.42 Å². The van der Waals surface area contributed by atoms with E-state index in [2.05, 4.69) is 0 Å². The third kappa shape index (κ3) is 3.42. The van der Waals surface area contributed by atoms with Gasteiger partial charge in [0, 0.05) is 12.3 Å². The molecule has 0 aromatic rings. The number of alkyl halides is 1. The highest BCUT2D eigenvalue weighted by atomic mass is 35.5. The molecule has 0 rings (SSSR count). The van der Waals surface area contributed by atoms with Gasteiger partial charge in [-0.3, -0.25) is 4.79 Å². The van der Waals surface area contributed by atoms with Gasteiger partial charge in [-0.2, -0.15) is 0 Å². The molecule has 0 aromatic heterocycles. The number of Topliss-reactive ketones (excluding diaryl/α,β-unsaturated/α-hetero) is 1. The molecule has 0 amide bonds. The van der Waals surface area contributed by atoms with Crippen molar-refractivity contribution in [2.45, 2.75) is 12.5 Å². The van der Waals surface area contributed by atoms with Crippen molar-refractivity contribution in [3.8, 4) is 0 Å². The lowest BCUT2D eigenvalue weighted by Gasteiger charge is -2.04. The number of ketones is 1. The van der Waals surface area contributed by atoms with E-state index in [1.807, 2.05) is 0 Å². The van der Waals surface area contributed by atoms with Crippen LogP contribution in [0.15, 0.2) is 0 Å². The van der Waals surface area contributed by atoms with Gasteiger partial charge in [-0.1, -0.05) is 0 Å². The molecule has 0 saturated heterocycles. The second-order valence-corrected chi connectivity index (χ2v) is 2.03. The van der Waals surface area contributed by atoms with E-state index < -0.39 is 24.3 Å². The zero-order valence-electron chi connectivity index (χ0n) is 5.04. The molecular formula is C5H6ClO4-. The van der Waals surface area contributed by atoms with Crippen molar-refractivity contribution in [3.63, 3.8) is 0 Å². The molecule has 10 heavy (non-hydrogen) atoms. The fourth-order valence-electron chi connectivity index (χ4n) is 0.352. The zero-order valence-corrected chi connectivity index (χ0v) is 5.80. The van der Waals surface area contributed by atoms with E-state index >= 15 is 0 Å². The number of aliphatic hydroxyl groups excluding tert-OH is 1. The first kappa shape index (κ1) is 9.39. The minimum absolute atomic E-state index is 0.154. The first-order valence-electron chi connectivity index (χ1n) is 2.56. The number of carboxylic acids is 1. The number of hydrogen-bond donors (Lipinski definition) is 1. The van der Waals surface area contributed by atoms with Gasteiger partial charge in [0.15, 0.2) is 5.78 Å². The van der Waals surface area contributed by atoms with Crippen molar-refractivity contribution < 1.29 is 19.8 Å². The molecule has 0 aliphatic rings. The Hall–Kier alpha value is -0.610. The number of halogens is 1. The smallest absolute Gasteiger partial charge is 0.180 e. The molecule has 1 atom stereocenters. The van der Waals surface area contributed by atoms with Crippen molar-refractivity contribution in [2.24, 2.45) is 0 Å². The van der Waals surface area contributed by atoms with E-state index in [1.165, 1.54) is 0 Å². The van der Waals surface area contributed by atoms with Gasteiger partial charge in [0.05, 0.1) is 6.10 Å². The molecule has 0 aliphatic heterocycles. The second-order valence-electron chi connectivity index (χ2n) is 1.72. The third-order valence-electron chi connectivity index (χ3n) is 0.827. The Morgan fingerprint density at radius 1 is 1.60 bits per heavy atom. The molecule has 5 heteroatoms. The lowest BCUT2D eigenvalue weighted by Crippen LogP contribution is -2.34. The normalized spacial score (nSPS) is 12.6. The lowest BCUT2D eigenvalue weighted by atomic mass is 10.2. The molecule has 0 spiro atoms. The van der Waals surface area contributed by atoms with Gasteiger partial charge < -0.3 is 15.0 Å². The number of carbonyl (C=O) groups excluding carboxylic acids is 2. The maximum atomic E-state index is 10.2. The summed E-state index contributed by atoms with van der Waals surface area (Å²) in [5.74, 6) is -3.07. The SMILES string of the molecule is O=C([O-])C(=O)C[C@H](O)CCl. The zero-order chi connectivity index (χ0) is 8.15. The summed E-state index contributed by atoms with van der Waals surface area (Å²) in [5.41, 5.74) is 0. The van der Waals surface area contributed by atoms with Crippen LogP contribution in [0, 0.1) is 0 Å². The van der Waals surface area contributed by atoms with Crippen LogP contribution in [0.4, 0.5) is 0 Å². The van der Waals surface area contributed by atoms with Crippen LogP contribution in [-0.2, 0) is 9.59 Å². The first-order chi connectivity index (χ1) is 4.57. The van der Waals surface area contributed by atoms with Gasteiger partial charge in [0.25, 0.3) is 0 Å². The van der Waals surface area contributed by atoms with Crippen molar-refractivity contribution in [1.29, 1.82) is 0 Å². The Labute approximate surface area is 62.4 Å². The molecule has 58 valence electrons. The van der Waals surface area contributed by atoms with Crippen molar-refractivity contribution in [3.05, 3.63) is 0 Å². The monoisotopic (exact) mass is 165 g/mol. The van der Waals surface area contributed by atoms with Crippen LogP contribution in [0.5, 0.6) is 0 Å². The highest BCUT2D eigenvalue weighted by molar-refractivity contribution is 6.31. The van der Waals surface area contributed by atoms with Crippen LogP contribution in [0.3, 0.4) is 0 Å². The summed E-state index contributed by atoms with van der Waals surface area (Å²) >= 11 is 5.09. The molecule has 0 heterocycles. The summed E-state index contributed by atoms with van der Waals surface area (Å²) in [6.45, 7) is 0. The molecule has 1 N–H and O–H groups in total. The first-order valence-corrected chi connectivity index (χ1v) is 3.09. The average Bonchev–Trinajstić information content (AvgIpc) is 1.87. The minimum atomic E-state index is -1.79. The average molecular weight is 166 g/mol. The summed E-state index contributed by atoms with van der Waals surface area (Å²) in [7, 11) is 0. The highest BCUT2D eigenvalue weighted by Crippen LogP contribution is 1.94. The molecule has 0 aromatic carbocycles. The quantitative estimate of drug-likeness (QED) is 0.398. The van der Waals surface area contributed by atoms with Gasteiger partial charge in [0.1, 0.15) is 5.97 Å². The Balaban J connectivity index is 3.68. The number of hydrogen-bond acceptors (Lipinski definition) is 4. The van der Waals surface area contributed by atoms with Crippen LogP contribution in [0.2, 0.25) is 0 Å². The van der Waals surface area contributed by atoms with Crippen LogP contribution < -0.4 is 5.11 Å². The molecular weight excluding hydrogens is 160 g/mol. The summed E-state index contributed by atoms with van der Waals surface area (Å²) in [5, 5.41) is 18.4. The predicted molar refractivity (Wildman–Crippen MR) is 31.4 cm³/mol. The van der Waals surface area contributed by atoms with E-state index in [9.17, 15) is 14.7 Å². The molecule has 0 bridgehead atoms. The van der Waals surface area contributed by atoms with Gasteiger partial charge in [-0.15, -0.1) is 11.6 Å². The second kappa shape index (κ2) is 4.24. The fourth-order valence-corrected chi connectivity index (χ4v) is 0.461. The number of carbonyl (C=O) groups is 2. The predicted octanol–water partition coefficient (Wildman–Crippen LogP) is -1.70. The van der Waals surface area contributed by atoms with E-state index in [0.29, 0.717) is 0 Å². The van der Waals surface area contributed by atoms with E-state index in [-0.39, 0.29) is 5.88 Å². The van der Waals surface area contributed by atoms with Gasteiger partial charge in [-0.25, -0.2) is 0 Å². The van der Waals surface area contributed by atoms with E-state index in [4.69, 9.17) is 16.7 Å². The molecule has 0 unspecified atom stereocenters. The number of rotatable bonds is 4. The number of aliphatic carboxylic acids is 1. The Bertz CT molecular complexity index is 145. The summed E-state index contributed by atoms with van der Waals surface area (Å²) < 4.78 is 0. The van der Waals surface area contributed by atoms with Crippen molar-refractivity contribution in [2.75, 3.05) is 5.88 Å². The van der Waals surface area contributed by atoms with E-state index in [0.717, 1.165) is 0 Å². The van der Waals surface area contributed by atoms with Gasteiger partial charge >= 0.3 is 0 Å². The highest BCUT2D eigenvalue weighted by Gasteiger charge is 2.09. The summed E-state index contributed by atoms with van der Waals surface area (Å²) in [6, 6.07) is 0. The molecule has 0 saturated carbocycles. The third-order valence-corrected chi connectivity index (χ3v) is 1.18. The molecule has 0 radical (unpaired) electrons. The minimum Gasteiger partial charge on any atom is -0.542 e. The number of aliphatic hydroxyl groups is 1. The van der Waals surface area contributed by atoms with Crippen LogP contribution in [0.25, 0.3) is 0 Å². The largest absolute Gasteiger partial charge is 0.542 e. The maximum absolute atomic E-state index is 10.2. The topological polar surface area (TPSA) is 77.4 Å². The standard InChI is InChI=1S/C5H7ClO4/c6-2-3(7)1-4(8)5(9)10/h3,7H,1-2H2,(H,9,10)/p-1/t3-/m0/s1. The Morgan fingerprint density at radius 3 is 2.40 bits per heavy atom.